The summed E-state index contributed by atoms with van der Waals surface area (Å²) in [4.78, 5) is 0. The molecule has 98 valence electrons. The average molecular weight is 247 g/mol. The van der Waals surface area contributed by atoms with Crippen molar-refractivity contribution < 1.29 is 9.47 Å². The molecule has 2 aliphatic heterocycles. The summed E-state index contributed by atoms with van der Waals surface area (Å²) in [5, 5.41) is 3.41. The topological polar surface area (TPSA) is 30.5 Å². The van der Waals surface area contributed by atoms with E-state index in [1.165, 1.54) is 5.56 Å². The van der Waals surface area contributed by atoms with Gasteiger partial charge in [-0.15, -0.1) is 0 Å². The van der Waals surface area contributed by atoms with Gasteiger partial charge in [0.25, 0.3) is 0 Å². The third-order valence-electron chi connectivity index (χ3n) is 3.89. The lowest BCUT2D eigenvalue weighted by molar-refractivity contribution is 0.0660. The largest absolute Gasteiger partial charge is 0.493 e. The van der Waals surface area contributed by atoms with Gasteiger partial charge in [0.2, 0.25) is 0 Å². The molecule has 0 aliphatic carbocycles. The number of hydrogen-bond acceptors (Lipinski definition) is 3. The van der Waals surface area contributed by atoms with Gasteiger partial charge in [0.15, 0.2) is 0 Å². The summed E-state index contributed by atoms with van der Waals surface area (Å²) in [6.07, 6.45) is 4.39. The Kier molecular flexibility index (Phi) is 3.16. The molecule has 3 rings (SSSR count). The van der Waals surface area contributed by atoms with Crippen LogP contribution in [0.1, 0.15) is 31.7 Å². The van der Waals surface area contributed by atoms with E-state index < -0.39 is 0 Å². The van der Waals surface area contributed by atoms with E-state index in [9.17, 15) is 0 Å². The van der Waals surface area contributed by atoms with Gasteiger partial charge < -0.3 is 14.8 Å². The van der Waals surface area contributed by atoms with Crippen LogP contribution in [0.15, 0.2) is 18.2 Å². The molecule has 1 unspecified atom stereocenters. The summed E-state index contributed by atoms with van der Waals surface area (Å²) in [7, 11) is 0. The maximum absolute atomic E-state index is 6.26. The van der Waals surface area contributed by atoms with E-state index in [-0.39, 0.29) is 5.60 Å². The molecule has 1 aromatic rings. The number of hydrogen-bond donors (Lipinski definition) is 1. The molecule has 1 saturated heterocycles. The summed E-state index contributed by atoms with van der Waals surface area (Å²) in [6.45, 7) is 4.94. The van der Waals surface area contributed by atoms with Crippen molar-refractivity contribution in [3.05, 3.63) is 23.8 Å². The normalized spacial score (nSPS) is 25.8. The quantitative estimate of drug-likeness (QED) is 0.890. The van der Waals surface area contributed by atoms with Crippen molar-refractivity contribution in [3.8, 4) is 11.5 Å². The minimum Gasteiger partial charge on any atom is -0.493 e. The van der Waals surface area contributed by atoms with Gasteiger partial charge in [0.05, 0.1) is 6.61 Å². The van der Waals surface area contributed by atoms with E-state index in [0.717, 1.165) is 56.9 Å². The molecular formula is C15H21NO2. The van der Waals surface area contributed by atoms with Gasteiger partial charge in [-0.1, -0.05) is 13.0 Å². The fourth-order valence-electron chi connectivity index (χ4n) is 2.81. The molecule has 0 bridgehead atoms. The molecule has 18 heavy (non-hydrogen) atoms. The Morgan fingerprint density at radius 3 is 3.11 bits per heavy atom. The summed E-state index contributed by atoms with van der Waals surface area (Å²) in [5.41, 5.74) is 1.35. The van der Waals surface area contributed by atoms with Gasteiger partial charge >= 0.3 is 0 Å². The molecule has 1 fully saturated rings. The number of nitrogens with one attached hydrogen (secondary N) is 1. The first-order valence-corrected chi connectivity index (χ1v) is 6.97. The third-order valence-corrected chi connectivity index (χ3v) is 3.89. The van der Waals surface area contributed by atoms with Gasteiger partial charge in [0, 0.05) is 19.0 Å². The molecular weight excluding hydrogens is 226 g/mol. The number of aryl methyl sites for hydroxylation is 1. The predicted molar refractivity (Wildman–Crippen MR) is 71.4 cm³/mol. The van der Waals surface area contributed by atoms with Gasteiger partial charge in [-0.2, -0.15) is 0 Å². The third kappa shape index (κ3) is 2.19. The van der Waals surface area contributed by atoms with Crippen molar-refractivity contribution in [1.29, 1.82) is 0 Å². The van der Waals surface area contributed by atoms with Crippen molar-refractivity contribution in [2.75, 3.05) is 19.7 Å². The number of fused-ring (bicyclic) bond motifs is 1. The van der Waals surface area contributed by atoms with Crippen molar-refractivity contribution >= 4 is 0 Å². The maximum atomic E-state index is 6.26. The van der Waals surface area contributed by atoms with Crippen molar-refractivity contribution in [1.82, 2.24) is 5.32 Å². The van der Waals surface area contributed by atoms with Crippen LogP contribution < -0.4 is 14.8 Å². The minimum absolute atomic E-state index is 0.0381. The fraction of sp³-hybridized carbons (Fsp3) is 0.600. The zero-order valence-corrected chi connectivity index (χ0v) is 11.0. The van der Waals surface area contributed by atoms with E-state index in [2.05, 4.69) is 30.4 Å². The highest BCUT2D eigenvalue weighted by molar-refractivity contribution is 5.43. The van der Waals surface area contributed by atoms with E-state index in [4.69, 9.17) is 9.47 Å². The first kappa shape index (κ1) is 11.8. The van der Waals surface area contributed by atoms with Crippen LogP contribution >= 0.6 is 0 Å². The maximum Gasteiger partial charge on any atom is 0.127 e. The molecule has 2 aliphatic rings. The van der Waals surface area contributed by atoms with Crippen LogP contribution in [0.4, 0.5) is 0 Å². The minimum atomic E-state index is 0.0381. The second-order valence-corrected chi connectivity index (χ2v) is 5.33. The highest BCUT2D eigenvalue weighted by Gasteiger charge is 2.39. The Morgan fingerprint density at radius 2 is 2.33 bits per heavy atom. The molecule has 3 heteroatoms. The molecule has 1 aromatic carbocycles. The van der Waals surface area contributed by atoms with Gasteiger partial charge in [0.1, 0.15) is 17.1 Å². The lowest BCUT2D eigenvalue weighted by Gasteiger charge is -2.35. The molecule has 1 spiro atoms. The molecule has 3 nitrogen and oxygen atoms in total. The lowest BCUT2D eigenvalue weighted by atomic mass is 9.90. The summed E-state index contributed by atoms with van der Waals surface area (Å²) in [5.74, 6) is 1.96. The van der Waals surface area contributed by atoms with Crippen LogP contribution in [0.25, 0.3) is 0 Å². The van der Waals surface area contributed by atoms with Crippen molar-refractivity contribution in [3.63, 3.8) is 0 Å². The fourth-order valence-corrected chi connectivity index (χ4v) is 2.81. The second-order valence-electron chi connectivity index (χ2n) is 5.33. The second kappa shape index (κ2) is 4.81. The molecule has 1 N–H and O–H groups in total. The Balaban J connectivity index is 1.79. The zero-order valence-electron chi connectivity index (χ0n) is 11.0. The van der Waals surface area contributed by atoms with E-state index in [1.54, 1.807) is 0 Å². The zero-order chi connectivity index (χ0) is 12.4. The average Bonchev–Trinajstić information content (AvgIpc) is 2.84. The van der Waals surface area contributed by atoms with Crippen molar-refractivity contribution in [2.24, 2.45) is 0 Å². The van der Waals surface area contributed by atoms with Crippen LogP contribution in [0, 0.1) is 0 Å². The molecule has 0 radical (unpaired) electrons. The van der Waals surface area contributed by atoms with E-state index in [1.807, 2.05) is 0 Å². The Bertz CT molecular complexity index is 425. The van der Waals surface area contributed by atoms with E-state index in [0.29, 0.717) is 0 Å². The summed E-state index contributed by atoms with van der Waals surface area (Å²) in [6, 6.07) is 6.27. The molecule has 0 saturated carbocycles. The molecule has 0 amide bonds. The first-order chi connectivity index (χ1) is 8.81. The van der Waals surface area contributed by atoms with Crippen LogP contribution in [0.5, 0.6) is 11.5 Å². The van der Waals surface area contributed by atoms with Crippen LogP contribution in [0.2, 0.25) is 0 Å². The van der Waals surface area contributed by atoms with E-state index >= 15 is 0 Å². The van der Waals surface area contributed by atoms with Crippen LogP contribution in [-0.2, 0) is 6.42 Å². The standard InChI is InChI=1S/C15H21NO2/c1-2-9-17-13-4-3-12-5-6-15(7-8-16-11-15)18-14(12)10-13/h3-4,10,16H,2,5-9,11H2,1H3. The summed E-state index contributed by atoms with van der Waals surface area (Å²) >= 11 is 0. The highest BCUT2D eigenvalue weighted by atomic mass is 16.5. The highest BCUT2D eigenvalue weighted by Crippen LogP contribution is 2.38. The number of benzene rings is 1. The van der Waals surface area contributed by atoms with Gasteiger partial charge in [-0.25, -0.2) is 0 Å². The van der Waals surface area contributed by atoms with Crippen molar-refractivity contribution in [2.45, 2.75) is 38.2 Å². The molecule has 1 atom stereocenters. The predicted octanol–water partition coefficient (Wildman–Crippen LogP) is 2.53. The Labute approximate surface area is 108 Å². The molecule has 0 aromatic heterocycles. The number of rotatable bonds is 3. The lowest BCUT2D eigenvalue weighted by Crippen LogP contribution is -2.41. The summed E-state index contributed by atoms with van der Waals surface area (Å²) < 4.78 is 11.9. The van der Waals surface area contributed by atoms with Crippen LogP contribution in [0.3, 0.4) is 0 Å². The first-order valence-electron chi connectivity index (χ1n) is 6.97. The number of ether oxygens (including phenoxy) is 2. The van der Waals surface area contributed by atoms with Gasteiger partial charge in [-0.05, 0) is 37.4 Å². The molecule has 2 heterocycles. The smallest absolute Gasteiger partial charge is 0.127 e. The Morgan fingerprint density at radius 1 is 1.39 bits per heavy atom. The van der Waals surface area contributed by atoms with Crippen LogP contribution in [-0.4, -0.2) is 25.3 Å². The SMILES string of the molecule is CCCOc1ccc2c(c1)OC1(CCNC1)CC2. The van der Waals surface area contributed by atoms with Gasteiger partial charge in [-0.3, -0.25) is 0 Å². The monoisotopic (exact) mass is 247 g/mol. The Hall–Kier alpha value is -1.22.